The quantitative estimate of drug-likeness (QED) is 0.780. The summed E-state index contributed by atoms with van der Waals surface area (Å²) in [4.78, 5) is 15.4. The molecule has 1 unspecified atom stereocenters. The number of anilines is 2. The van der Waals surface area contributed by atoms with Crippen LogP contribution in [0.1, 0.15) is 26.7 Å². The zero-order valence-electron chi connectivity index (χ0n) is 13.1. The molecule has 1 atom stereocenters. The van der Waals surface area contributed by atoms with Crippen molar-refractivity contribution in [3.8, 4) is 6.01 Å². The van der Waals surface area contributed by atoms with E-state index in [1.165, 1.54) is 0 Å². The Morgan fingerprint density at radius 3 is 2.86 bits per heavy atom. The van der Waals surface area contributed by atoms with Crippen molar-refractivity contribution in [2.24, 2.45) is 5.92 Å². The van der Waals surface area contributed by atoms with Crippen LogP contribution >= 0.6 is 0 Å². The van der Waals surface area contributed by atoms with Crippen LogP contribution in [0.3, 0.4) is 0 Å². The Bertz CT molecular complexity index is 443. The fraction of sp³-hybridized carbons (Fsp3) is 0.786. The van der Waals surface area contributed by atoms with Crippen LogP contribution < -0.4 is 15.0 Å². The molecule has 21 heavy (non-hydrogen) atoms. The lowest BCUT2D eigenvalue weighted by Gasteiger charge is -2.17. The van der Waals surface area contributed by atoms with Gasteiger partial charge in [0, 0.05) is 32.7 Å². The van der Waals surface area contributed by atoms with E-state index >= 15 is 0 Å². The summed E-state index contributed by atoms with van der Waals surface area (Å²) in [6.45, 7) is 8.09. The molecule has 1 aromatic rings. The van der Waals surface area contributed by atoms with Crippen molar-refractivity contribution < 1.29 is 9.47 Å². The molecule has 0 aliphatic carbocycles. The zero-order valence-corrected chi connectivity index (χ0v) is 13.1. The van der Waals surface area contributed by atoms with Crippen LogP contribution in [0.5, 0.6) is 6.01 Å². The number of nitrogens with zero attached hydrogens (tertiary/aromatic N) is 4. The summed E-state index contributed by atoms with van der Waals surface area (Å²) >= 11 is 0. The molecular formula is C14H25N5O2. The highest BCUT2D eigenvalue weighted by atomic mass is 16.5. The summed E-state index contributed by atoms with van der Waals surface area (Å²) in [5.41, 5.74) is 0. The van der Waals surface area contributed by atoms with E-state index in [9.17, 15) is 0 Å². The standard InChI is InChI=1S/C14H25N5O2/c1-4-8-21-14-17-12(15-5-2)16-13(18-14)19-7-6-11(9-19)10-20-3/h11H,4-10H2,1-3H3,(H,15,16,17,18). The van der Waals surface area contributed by atoms with Gasteiger partial charge in [0.15, 0.2) is 0 Å². The number of hydrogen-bond donors (Lipinski definition) is 1. The Labute approximate surface area is 126 Å². The van der Waals surface area contributed by atoms with Crippen LogP contribution in [0.15, 0.2) is 0 Å². The first-order valence-electron chi connectivity index (χ1n) is 7.63. The van der Waals surface area contributed by atoms with Crippen LogP contribution in [0, 0.1) is 5.92 Å². The second-order valence-corrected chi connectivity index (χ2v) is 5.18. The van der Waals surface area contributed by atoms with E-state index in [-0.39, 0.29) is 0 Å². The number of rotatable bonds is 8. The molecule has 0 amide bonds. The summed E-state index contributed by atoms with van der Waals surface area (Å²) in [7, 11) is 1.74. The molecule has 1 fully saturated rings. The highest BCUT2D eigenvalue weighted by Gasteiger charge is 2.25. The molecule has 1 saturated heterocycles. The van der Waals surface area contributed by atoms with Crippen LogP contribution in [-0.4, -0.2) is 54.9 Å². The third-order valence-electron chi connectivity index (χ3n) is 3.34. The molecule has 2 rings (SSSR count). The summed E-state index contributed by atoms with van der Waals surface area (Å²) in [6, 6.07) is 0.396. The van der Waals surface area contributed by atoms with E-state index in [4.69, 9.17) is 9.47 Å². The second kappa shape index (κ2) is 7.97. The second-order valence-electron chi connectivity index (χ2n) is 5.18. The van der Waals surface area contributed by atoms with Gasteiger partial charge in [-0.25, -0.2) is 0 Å². The minimum atomic E-state index is 0.396. The number of methoxy groups -OCH3 is 1. The lowest BCUT2D eigenvalue weighted by molar-refractivity contribution is 0.161. The van der Waals surface area contributed by atoms with Gasteiger partial charge in [-0.1, -0.05) is 6.92 Å². The predicted octanol–water partition coefficient (Wildman–Crippen LogP) is 1.56. The molecule has 1 N–H and O–H groups in total. The van der Waals surface area contributed by atoms with Gasteiger partial charge in [-0.05, 0) is 19.8 Å². The monoisotopic (exact) mass is 295 g/mol. The highest BCUT2D eigenvalue weighted by Crippen LogP contribution is 2.23. The molecule has 1 aliphatic rings. The maximum Gasteiger partial charge on any atom is 0.323 e. The SMILES string of the molecule is CCCOc1nc(NCC)nc(N2CCC(COC)C2)n1. The first kappa shape index (κ1) is 15.8. The molecule has 1 aromatic heterocycles. The van der Waals surface area contributed by atoms with Crippen molar-refractivity contribution in [3.05, 3.63) is 0 Å². The topological polar surface area (TPSA) is 72.4 Å². The molecule has 0 radical (unpaired) electrons. The van der Waals surface area contributed by atoms with E-state index in [1.807, 2.05) is 6.92 Å². The van der Waals surface area contributed by atoms with E-state index in [2.05, 4.69) is 32.1 Å². The molecular weight excluding hydrogens is 270 g/mol. The van der Waals surface area contributed by atoms with Gasteiger partial charge >= 0.3 is 6.01 Å². The minimum Gasteiger partial charge on any atom is -0.463 e. The lowest BCUT2D eigenvalue weighted by Crippen LogP contribution is -2.24. The summed E-state index contributed by atoms with van der Waals surface area (Å²) < 4.78 is 10.8. The average molecular weight is 295 g/mol. The Morgan fingerprint density at radius 1 is 1.29 bits per heavy atom. The van der Waals surface area contributed by atoms with Crippen LogP contribution in [-0.2, 0) is 4.74 Å². The minimum absolute atomic E-state index is 0.396. The first-order valence-corrected chi connectivity index (χ1v) is 7.63. The van der Waals surface area contributed by atoms with E-state index in [0.29, 0.717) is 30.4 Å². The molecule has 7 heteroatoms. The average Bonchev–Trinajstić information content (AvgIpc) is 2.94. The molecule has 2 heterocycles. The third-order valence-corrected chi connectivity index (χ3v) is 3.34. The Hall–Kier alpha value is -1.63. The lowest BCUT2D eigenvalue weighted by atomic mass is 10.1. The van der Waals surface area contributed by atoms with Crippen molar-refractivity contribution in [1.82, 2.24) is 15.0 Å². The van der Waals surface area contributed by atoms with Gasteiger partial charge in [0.25, 0.3) is 0 Å². The number of ether oxygens (including phenoxy) is 2. The van der Waals surface area contributed by atoms with Gasteiger partial charge in [-0.3, -0.25) is 0 Å². The molecule has 7 nitrogen and oxygen atoms in total. The summed E-state index contributed by atoms with van der Waals surface area (Å²) in [5.74, 6) is 1.80. The summed E-state index contributed by atoms with van der Waals surface area (Å²) in [6.07, 6.45) is 2.03. The van der Waals surface area contributed by atoms with E-state index in [1.54, 1.807) is 7.11 Å². The van der Waals surface area contributed by atoms with Crippen molar-refractivity contribution in [2.45, 2.75) is 26.7 Å². The zero-order chi connectivity index (χ0) is 15.1. The van der Waals surface area contributed by atoms with Gasteiger partial charge in [-0.2, -0.15) is 15.0 Å². The maximum absolute atomic E-state index is 5.56. The number of aromatic nitrogens is 3. The fourth-order valence-corrected chi connectivity index (χ4v) is 2.37. The van der Waals surface area contributed by atoms with Crippen LogP contribution in [0.2, 0.25) is 0 Å². The van der Waals surface area contributed by atoms with Gasteiger partial charge in [0.1, 0.15) is 0 Å². The highest BCUT2D eigenvalue weighted by molar-refractivity contribution is 5.39. The Morgan fingerprint density at radius 2 is 2.14 bits per heavy atom. The maximum atomic E-state index is 5.56. The number of hydrogen-bond acceptors (Lipinski definition) is 7. The fourth-order valence-electron chi connectivity index (χ4n) is 2.37. The van der Waals surface area contributed by atoms with Crippen molar-refractivity contribution in [2.75, 3.05) is 50.2 Å². The van der Waals surface area contributed by atoms with E-state index < -0.39 is 0 Å². The normalized spacial score (nSPS) is 18.0. The van der Waals surface area contributed by atoms with Gasteiger partial charge < -0.3 is 19.7 Å². The Balaban J connectivity index is 2.11. The van der Waals surface area contributed by atoms with Gasteiger partial charge in [0.2, 0.25) is 11.9 Å². The molecule has 0 aromatic carbocycles. The van der Waals surface area contributed by atoms with Crippen molar-refractivity contribution >= 4 is 11.9 Å². The molecule has 0 saturated carbocycles. The van der Waals surface area contributed by atoms with Crippen LogP contribution in [0.25, 0.3) is 0 Å². The molecule has 1 aliphatic heterocycles. The summed E-state index contributed by atoms with van der Waals surface area (Å²) in [5, 5.41) is 3.13. The smallest absolute Gasteiger partial charge is 0.323 e. The first-order chi connectivity index (χ1) is 10.3. The van der Waals surface area contributed by atoms with Gasteiger partial charge in [-0.15, -0.1) is 0 Å². The Kier molecular flexibility index (Phi) is 5.98. The van der Waals surface area contributed by atoms with Crippen molar-refractivity contribution in [1.29, 1.82) is 0 Å². The molecule has 0 spiro atoms. The predicted molar refractivity (Wildman–Crippen MR) is 82.0 cm³/mol. The van der Waals surface area contributed by atoms with E-state index in [0.717, 1.165) is 39.1 Å². The third kappa shape index (κ3) is 4.42. The molecule has 0 bridgehead atoms. The molecule has 118 valence electrons. The number of nitrogens with one attached hydrogen (secondary N) is 1. The van der Waals surface area contributed by atoms with Gasteiger partial charge in [0.05, 0.1) is 13.2 Å². The largest absolute Gasteiger partial charge is 0.463 e. The van der Waals surface area contributed by atoms with Crippen LogP contribution in [0.4, 0.5) is 11.9 Å². The van der Waals surface area contributed by atoms with Crippen molar-refractivity contribution in [3.63, 3.8) is 0 Å².